The summed E-state index contributed by atoms with van der Waals surface area (Å²) in [5.41, 5.74) is 5.41. The largest absolute Gasteiger partial charge is 0.343 e. The molecule has 0 aliphatic carbocycles. The van der Waals surface area contributed by atoms with Crippen LogP contribution < -0.4 is 5.73 Å². The summed E-state index contributed by atoms with van der Waals surface area (Å²) in [5, 5.41) is 0. The van der Waals surface area contributed by atoms with Gasteiger partial charge in [-0.05, 0) is 26.3 Å². The fourth-order valence-electron chi connectivity index (χ4n) is 1.21. The smallest absolute Gasteiger partial charge is 0.225 e. The number of hydrogen-bond donors (Lipinski definition) is 1. The van der Waals surface area contributed by atoms with Crippen molar-refractivity contribution in [1.82, 2.24) is 4.90 Å². The summed E-state index contributed by atoms with van der Waals surface area (Å²) in [6.45, 7) is 6.67. The Morgan fingerprint density at radius 2 is 2.00 bits per heavy atom. The van der Waals surface area contributed by atoms with Crippen LogP contribution in [0.4, 0.5) is 0 Å². The monoisotopic (exact) mass is 186 g/mol. The molecule has 0 aliphatic rings. The van der Waals surface area contributed by atoms with Crippen LogP contribution in [0.15, 0.2) is 0 Å². The maximum absolute atomic E-state index is 11.7. The summed E-state index contributed by atoms with van der Waals surface area (Å²) >= 11 is 0. The number of nitrogens with zero attached hydrogens (tertiary/aromatic N) is 1. The highest BCUT2D eigenvalue weighted by Crippen LogP contribution is 2.09. The molecule has 0 radical (unpaired) electrons. The Balaban J connectivity index is 4.08. The van der Waals surface area contributed by atoms with Crippen LogP contribution in [0.5, 0.6) is 0 Å². The van der Waals surface area contributed by atoms with Crippen LogP contribution in [-0.4, -0.2) is 30.4 Å². The first-order valence-corrected chi connectivity index (χ1v) is 5.01. The standard InChI is InChI=1S/C10H22N2O/c1-5-9(3)12(4)10(13)8(2)6-7-11/h8-9H,5-7,11H2,1-4H3. The number of rotatable bonds is 5. The molecule has 2 unspecified atom stereocenters. The van der Waals surface area contributed by atoms with Crippen molar-refractivity contribution in [2.24, 2.45) is 11.7 Å². The summed E-state index contributed by atoms with van der Waals surface area (Å²) in [5.74, 6) is 0.267. The van der Waals surface area contributed by atoms with Crippen molar-refractivity contribution in [3.8, 4) is 0 Å². The van der Waals surface area contributed by atoms with Crippen molar-refractivity contribution in [3.05, 3.63) is 0 Å². The minimum absolute atomic E-state index is 0.0593. The topological polar surface area (TPSA) is 46.3 Å². The summed E-state index contributed by atoms with van der Waals surface area (Å²) < 4.78 is 0. The van der Waals surface area contributed by atoms with Gasteiger partial charge in [0.2, 0.25) is 5.91 Å². The third-order valence-corrected chi connectivity index (χ3v) is 2.62. The number of nitrogens with two attached hydrogens (primary N) is 1. The number of hydrogen-bond acceptors (Lipinski definition) is 2. The molecule has 0 aromatic carbocycles. The van der Waals surface area contributed by atoms with E-state index in [1.54, 1.807) is 0 Å². The Kier molecular flexibility index (Phi) is 5.71. The fourth-order valence-corrected chi connectivity index (χ4v) is 1.21. The van der Waals surface area contributed by atoms with Gasteiger partial charge in [-0.15, -0.1) is 0 Å². The van der Waals surface area contributed by atoms with Crippen molar-refractivity contribution in [1.29, 1.82) is 0 Å². The zero-order valence-corrected chi connectivity index (χ0v) is 9.21. The summed E-state index contributed by atoms with van der Waals surface area (Å²) in [6, 6.07) is 0.327. The zero-order chi connectivity index (χ0) is 10.4. The van der Waals surface area contributed by atoms with Gasteiger partial charge in [-0.25, -0.2) is 0 Å². The molecule has 0 saturated carbocycles. The van der Waals surface area contributed by atoms with E-state index in [1.165, 1.54) is 0 Å². The van der Waals surface area contributed by atoms with Crippen LogP contribution in [0.1, 0.15) is 33.6 Å². The molecule has 0 spiro atoms. The second-order valence-electron chi connectivity index (χ2n) is 3.68. The second-order valence-corrected chi connectivity index (χ2v) is 3.68. The Morgan fingerprint density at radius 3 is 2.38 bits per heavy atom. The molecule has 0 aliphatic heterocycles. The average molecular weight is 186 g/mol. The normalized spacial score (nSPS) is 15.2. The second kappa shape index (κ2) is 5.97. The molecule has 13 heavy (non-hydrogen) atoms. The van der Waals surface area contributed by atoms with Gasteiger partial charge in [0.25, 0.3) is 0 Å². The SMILES string of the molecule is CCC(C)N(C)C(=O)C(C)CCN. The lowest BCUT2D eigenvalue weighted by atomic mass is 10.1. The van der Waals surface area contributed by atoms with Crippen molar-refractivity contribution in [3.63, 3.8) is 0 Å². The minimum Gasteiger partial charge on any atom is -0.343 e. The maximum atomic E-state index is 11.7. The highest BCUT2D eigenvalue weighted by molar-refractivity contribution is 5.78. The zero-order valence-electron chi connectivity index (χ0n) is 9.21. The van der Waals surface area contributed by atoms with Crippen molar-refractivity contribution >= 4 is 5.91 Å². The van der Waals surface area contributed by atoms with Crippen LogP contribution in [0.25, 0.3) is 0 Å². The van der Waals surface area contributed by atoms with Gasteiger partial charge in [-0.1, -0.05) is 13.8 Å². The third kappa shape index (κ3) is 3.77. The molecule has 0 aromatic heterocycles. The lowest BCUT2D eigenvalue weighted by Crippen LogP contribution is -2.38. The molecule has 0 fully saturated rings. The van der Waals surface area contributed by atoms with E-state index in [-0.39, 0.29) is 11.8 Å². The average Bonchev–Trinajstić information content (AvgIpc) is 2.14. The maximum Gasteiger partial charge on any atom is 0.225 e. The van der Waals surface area contributed by atoms with E-state index >= 15 is 0 Å². The van der Waals surface area contributed by atoms with E-state index in [2.05, 4.69) is 13.8 Å². The van der Waals surface area contributed by atoms with Gasteiger partial charge in [0.1, 0.15) is 0 Å². The minimum atomic E-state index is 0.0593. The van der Waals surface area contributed by atoms with E-state index < -0.39 is 0 Å². The summed E-state index contributed by atoms with van der Waals surface area (Å²) in [7, 11) is 1.86. The molecule has 78 valence electrons. The summed E-state index contributed by atoms with van der Waals surface area (Å²) in [6.07, 6.45) is 1.77. The van der Waals surface area contributed by atoms with E-state index in [9.17, 15) is 4.79 Å². The number of carbonyl (C=O) groups excluding carboxylic acids is 1. The first-order chi connectivity index (χ1) is 6.04. The van der Waals surface area contributed by atoms with Gasteiger partial charge < -0.3 is 10.6 Å². The molecular formula is C10H22N2O. The predicted molar refractivity (Wildman–Crippen MR) is 55.4 cm³/mol. The van der Waals surface area contributed by atoms with Crippen molar-refractivity contribution < 1.29 is 4.79 Å². The molecule has 3 heteroatoms. The molecule has 0 bridgehead atoms. The first-order valence-electron chi connectivity index (χ1n) is 5.01. The van der Waals surface area contributed by atoms with Crippen molar-refractivity contribution in [2.75, 3.05) is 13.6 Å². The van der Waals surface area contributed by atoms with Crippen molar-refractivity contribution in [2.45, 2.75) is 39.7 Å². The van der Waals surface area contributed by atoms with Crippen LogP contribution >= 0.6 is 0 Å². The van der Waals surface area contributed by atoms with Gasteiger partial charge in [0, 0.05) is 19.0 Å². The van der Waals surface area contributed by atoms with Gasteiger partial charge in [-0.3, -0.25) is 4.79 Å². The lowest BCUT2D eigenvalue weighted by molar-refractivity contribution is -0.135. The molecule has 1 amide bonds. The fraction of sp³-hybridized carbons (Fsp3) is 0.900. The molecule has 0 saturated heterocycles. The van der Waals surface area contributed by atoms with Crippen LogP contribution in [-0.2, 0) is 4.79 Å². The Bertz CT molecular complexity index is 159. The number of amides is 1. The van der Waals surface area contributed by atoms with E-state index in [0.29, 0.717) is 12.6 Å². The van der Waals surface area contributed by atoms with Gasteiger partial charge in [-0.2, -0.15) is 0 Å². The Hall–Kier alpha value is -0.570. The van der Waals surface area contributed by atoms with Crippen LogP contribution in [0.2, 0.25) is 0 Å². The molecule has 0 rings (SSSR count). The number of carbonyl (C=O) groups is 1. The third-order valence-electron chi connectivity index (χ3n) is 2.62. The van der Waals surface area contributed by atoms with E-state index in [4.69, 9.17) is 5.73 Å². The van der Waals surface area contributed by atoms with Gasteiger partial charge >= 0.3 is 0 Å². The highest BCUT2D eigenvalue weighted by atomic mass is 16.2. The molecule has 0 aromatic rings. The van der Waals surface area contributed by atoms with E-state index in [1.807, 2.05) is 18.9 Å². The Morgan fingerprint density at radius 1 is 1.46 bits per heavy atom. The predicted octanol–water partition coefficient (Wildman–Crippen LogP) is 1.23. The Labute approximate surface area is 81.3 Å². The molecule has 2 atom stereocenters. The van der Waals surface area contributed by atoms with Crippen LogP contribution in [0.3, 0.4) is 0 Å². The van der Waals surface area contributed by atoms with E-state index in [0.717, 1.165) is 12.8 Å². The molecule has 3 nitrogen and oxygen atoms in total. The van der Waals surface area contributed by atoms with Crippen LogP contribution in [0, 0.1) is 5.92 Å². The van der Waals surface area contributed by atoms with Gasteiger partial charge in [0.15, 0.2) is 0 Å². The molecular weight excluding hydrogens is 164 g/mol. The lowest BCUT2D eigenvalue weighted by Gasteiger charge is -2.26. The highest BCUT2D eigenvalue weighted by Gasteiger charge is 2.19. The molecule has 2 N–H and O–H groups in total. The summed E-state index contributed by atoms with van der Waals surface area (Å²) in [4.78, 5) is 13.5. The van der Waals surface area contributed by atoms with Gasteiger partial charge in [0.05, 0.1) is 0 Å². The first kappa shape index (κ1) is 12.4. The quantitative estimate of drug-likeness (QED) is 0.702. The molecule has 0 heterocycles.